The molecule has 2 aromatic rings. The van der Waals surface area contributed by atoms with Crippen LogP contribution in [0.5, 0.6) is 5.75 Å². The molecule has 142 valence electrons. The second kappa shape index (κ2) is 10.4. The van der Waals surface area contributed by atoms with Crippen LogP contribution in [0.4, 0.5) is 0 Å². The number of aliphatic hydroxyl groups excluding tert-OH is 1. The van der Waals surface area contributed by atoms with Gasteiger partial charge in [0.15, 0.2) is 0 Å². The van der Waals surface area contributed by atoms with Crippen LogP contribution in [0.15, 0.2) is 48.5 Å². The first-order valence-electron chi connectivity index (χ1n) is 9.11. The number of benzene rings is 2. The van der Waals surface area contributed by atoms with Crippen LogP contribution in [0.3, 0.4) is 0 Å². The van der Waals surface area contributed by atoms with Gasteiger partial charge in [0.1, 0.15) is 12.4 Å². The van der Waals surface area contributed by atoms with Gasteiger partial charge in [-0.05, 0) is 49.6 Å². The Morgan fingerprint density at radius 2 is 1.70 bits per heavy atom. The van der Waals surface area contributed by atoms with E-state index in [0.29, 0.717) is 13.2 Å². The predicted molar refractivity (Wildman–Crippen MR) is 105 cm³/mol. The molecule has 2 atom stereocenters. The molecule has 0 aromatic heterocycles. The van der Waals surface area contributed by atoms with Crippen LogP contribution in [0, 0.1) is 11.8 Å². The highest BCUT2D eigenvalue weighted by Crippen LogP contribution is 2.23. The number of carbonyl (C=O) groups is 1. The lowest BCUT2D eigenvalue weighted by Crippen LogP contribution is -2.09. The van der Waals surface area contributed by atoms with Crippen molar-refractivity contribution >= 4 is 5.97 Å². The molecule has 0 aliphatic rings. The fourth-order valence-electron chi connectivity index (χ4n) is 2.67. The van der Waals surface area contributed by atoms with Crippen molar-refractivity contribution in [2.45, 2.75) is 45.8 Å². The molecule has 0 saturated heterocycles. The van der Waals surface area contributed by atoms with Crippen LogP contribution in [0.1, 0.15) is 55.9 Å². The summed E-state index contributed by atoms with van der Waals surface area (Å²) in [4.78, 5) is 11.8. The molecule has 0 heterocycles. The van der Waals surface area contributed by atoms with Crippen LogP contribution in [0.25, 0.3) is 0 Å². The number of rotatable bonds is 8. The topological polar surface area (TPSA) is 55.8 Å². The summed E-state index contributed by atoms with van der Waals surface area (Å²) >= 11 is 0. The van der Waals surface area contributed by atoms with Crippen LogP contribution >= 0.6 is 0 Å². The molecule has 0 unspecified atom stereocenters. The van der Waals surface area contributed by atoms with Crippen molar-refractivity contribution < 1.29 is 19.4 Å². The van der Waals surface area contributed by atoms with E-state index in [4.69, 9.17) is 9.47 Å². The first-order valence-corrected chi connectivity index (χ1v) is 9.11. The maximum absolute atomic E-state index is 11.8. The molecule has 0 saturated carbocycles. The van der Waals surface area contributed by atoms with Crippen LogP contribution < -0.4 is 4.74 Å². The van der Waals surface area contributed by atoms with Crippen LogP contribution in [0.2, 0.25) is 0 Å². The van der Waals surface area contributed by atoms with E-state index < -0.39 is 6.10 Å². The molecule has 0 aliphatic carbocycles. The molecule has 0 bridgehead atoms. The Balaban J connectivity index is 1.98. The summed E-state index contributed by atoms with van der Waals surface area (Å²) in [6, 6.07) is 15.3. The van der Waals surface area contributed by atoms with Gasteiger partial charge in [0, 0.05) is 0 Å². The Kier molecular flexibility index (Phi) is 7.91. The van der Waals surface area contributed by atoms with E-state index in [1.54, 1.807) is 20.8 Å². The summed E-state index contributed by atoms with van der Waals surface area (Å²) in [5, 5.41) is 9.55. The minimum Gasteiger partial charge on any atom is -0.489 e. The Morgan fingerprint density at radius 3 is 2.26 bits per heavy atom. The van der Waals surface area contributed by atoms with Crippen LogP contribution in [-0.2, 0) is 16.1 Å². The maximum atomic E-state index is 11.8. The summed E-state index contributed by atoms with van der Waals surface area (Å²) in [7, 11) is 0. The zero-order valence-electron chi connectivity index (χ0n) is 16.1. The van der Waals surface area contributed by atoms with E-state index >= 15 is 0 Å². The first-order chi connectivity index (χ1) is 13.0. The smallest absolute Gasteiger partial charge is 0.307 e. The van der Waals surface area contributed by atoms with Gasteiger partial charge in [0.2, 0.25) is 0 Å². The highest BCUT2D eigenvalue weighted by atomic mass is 16.5. The van der Waals surface area contributed by atoms with Crippen molar-refractivity contribution in [3.05, 3.63) is 65.2 Å². The van der Waals surface area contributed by atoms with Gasteiger partial charge in [0.25, 0.3) is 0 Å². The van der Waals surface area contributed by atoms with Crippen molar-refractivity contribution in [3.63, 3.8) is 0 Å². The van der Waals surface area contributed by atoms with E-state index in [1.807, 2.05) is 48.5 Å². The summed E-state index contributed by atoms with van der Waals surface area (Å²) in [5.74, 6) is 6.27. The molecule has 0 spiro atoms. The van der Waals surface area contributed by atoms with E-state index in [1.165, 1.54) is 0 Å². The molecule has 0 fully saturated rings. The largest absolute Gasteiger partial charge is 0.489 e. The van der Waals surface area contributed by atoms with Crippen molar-refractivity contribution in [2.75, 3.05) is 6.61 Å². The lowest BCUT2D eigenvalue weighted by molar-refractivity contribution is -0.143. The third kappa shape index (κ3) is 6.47. The zero-order valence-corrected chi connectivity index (χ0v) is 16.1. The zero-order chi connectivity index (χ0) is 19.6. The van der Waals surface area contributed by atoms with Crippen molar-refractivity contribution in [3.8, 4) is 17.6 Å². The van der Waals surface area contributed by atoms with Gasteiger partial charge in [-0.3, -0.25) is 4.79 Å². The normalized spacial score (nSPS) is 12.4. The number of hydrogen-bond donors (Lipinski definition) is 1. The highest BCUT2D eigenvalue weighted by molar-refractivity contribution is 5.71. The van der Waals surface area contributed by atoms with Crippen molar-refractivity contribution in [1.29, 1.82) is 0 Å². The fraction of sp³-hybridized carbons (Fsp3) is 0.348. The van der Waals surface area contributed by atoms with E-state index in [9.17, 15) is 9.90 Å². The number of esters is 1. The molecular weight excluding hydrogens is 340 g/mol. The van der Waals surface area contributed by atoms with Crippen LogP contribution in [-0.4, -0.2) is 17.7 Å². The molecule has 2 aromatic carbocycles. The van der Waals surface area contributed by atoms with Gasteiger partial charge < -0.3 is 14.6 Å². The summed E-state index contributed by atoms with van der Waals surface area (Å²) < 4.78 is 10.8. The Labute approximate surface area is 161 Å². The van der Waals surface area contributed by atoms with Crippen molar-refractivity contribution in [2.24, 2.45) is 0 Å². The van der Waals surface area contributed by atoms with E-state index in [-0.39, 0.29) is 18.3 Å². The fourth-order valence-corrected chi connectivity index (χ4v) is 2.67. The Hall–Kier alpha value is -2.77. The molecule has 2 rings (SSSR count). The third-order valence-corrected chi connectivity index (χ3v) is 4.14. The van der Waals surface area contributed by atoms with E-state index in [2.05, 4.69) is 11.8 Å². The van der Waals surface area contributed by atoms with Gasteiger partial charge >= 0.3 is 5.97 Å². The SMILES string of the molecule is CC#C[C@@H](CC(=O)OCC)c1ccc(OCc2ccc([C@H](C)O)cc2)cc1. The number of ether oxygens (including phenoxy) is 2. The molecular formula is C23H26O4. The predicted octanol–water partition coefficient (Wildman–Crippen LogP) is 4.38. The molecule has 0 aliphatic heterocycles. The summed E-state index contributed by atoms with van der Waals surface area (Å²) in [6.45, 7) is 6.11. The quantitative estimate of drug-likeness (QED) is 0.556. The van der Waals surface area contributed by atoms with Gasteiger partial charge in [-0.15, -0.1) is 5.92 Å². The molecule has 0 amide bonds. The number of carbonyl (C=O) groups excluding carboxylic acids is 1. The molecule has 4 nitrogen and oxygen atoms in total. The summed E-state index contributed by atoms with van der Waals surface area (Å²) in [5.41, 5.74) is 2.87. The number of hydrogen-bond acceptors (Lipinski definition) is 4. The second-order valence-corrected chi connectivity index (χ2v) is 6.23. The number of aliphatic hydroxyl groups is 1. The minimum absolute atomic E-state index is 0.184. The second-order valence-electron chi connectivity index (χ2n) is 6.23. The van der Waals surface area contributed by atoms with Gasteiger partial charge in [0.05, 0.1) is 25.0 Å². The molecule has 4 heteroatoms. The molecule has 0 radical (unpaired) electrons. The standard InChI is InChI=1S/C23H26O4/c1-4-6-21(15-23(25)26-5-2)20-11-13-22(14-12-20)27-16-18-7-9-19(10-8-18)17(3)24/h7-14,17,21,24H,5,15-16H2,1-3H3/t17-,21-/m0/s1. The van der Waals surface area contributed by atoms with Gasteiger partial charge in [-0.1, -0.05) is 42.3 Å². The van der Waals surface area contributed by atoms with Gasteiger partial charge in [-0.2, -0.15) is 0 Å². The Bertz CT molecular complexity index is 780. The van der Waals surface area contributed by atoms with E-state index in [0.717, 1.165) is 22.4 Å². The lowest BCUT2D eigenvalue weighted by Gasteiger charge is -2.12. The first kappa shape index (κ1) is 20.5. The Morgan fingerprint density at radius 1 is 1.07 bits per heavy atom. The molecule has 1 N–H and O–H groups in total. The highest BCUT2D eigenvalue weighted by Gasteiger charge is 2.15. The van der Waals surface area contributed by atoms with Crippen molar-refractivity contribution in [1.82, 2.24) is 0 Å². The maximum Gasteiger partial charge on any atom is 0.307 e. The van der Waals surface area contributed by atoms with Gasteiger partial charge in [-0.25, -0.2) is 0 Å². The summed E-state index contributed by atoms with van der Waals surface area (Å²) in [6.07, 6.45) is -0.230. The minimum atomic E-state index is -0.471. The lowest BCUT2D eigenvalue weighted by atomic mass is 9.96. The average Bonchev–Trinajstić information content (AvgIpc) is 2.67. The molecule has 27 heavy (non-hydrogen) atoms. The monoisotopic (exact) mass is 366 g/mol. The third-order valence-electron chi connectivity index (χ3n) is 4.14. The average molecular weight is 366 g/mol.